The first-order valence-corrected chi connectivity index (χ1v) is 6.42. The molecule has 2 N–H and O–H groups in total. The first-order chi connectivity index (χ1) is 11.0. The van der Waals surface area contributed by atoms with Crippen LogP contribution < -0.4 is 10.7 Å². The number of rotatable bonds is 5. The Hall–Kier alpha value is -3.41. The van der Waals surface area contributed by atoms with Gasteiger partial charge in [0.05, 0.1) is 25.0 Å². The number of hydrazone groups is 1. The van der Waals surface area contributed by atoms with E-state index >= 15 is 0 Å². The highest BCUT2D eigenvalue weighted by Gasteiger charge is 2.15. The van der Waals surface area contributed by atoms with Crippen molar-refractivity contribution in [2.24, 2.45) is 5.10 Å². The Kier molecular flexibility index (Phi) is 6.74. The second-order valence-electron chi connectivity index (χ2n) is 3.93. The normalized spacial score (nSPS) is 10.2. The standard InChI is InChI=1S/C14H14N4O5/c1-3-23-14(21)16-12(19)11(8-15)18-17-10-6-4-9(5-7-10)13(20)22-2/h4-7,17H,3H2,1-2H3,(H,16,19,21)/b18-11-. The van der Waals surface area contributed by atoms with Crippen LogP contribution in [0.2, 0.25) is 0 Å². The zero-order valence-corrected chi connectivity index (χ0v) is 12.5. The van der Waals surface area contributed by atoms with Gasteiger partial charge >= 0.3 is 12.1 Å². The predicted molar refractivity (Wildman–Crippen MR) is 79.6 cm³/mol. The highest BCUT2D eigenvalue weighted by Crippen LogP contribution is 2.10. The molecule has 9 heteroatoms. The Bertz CT molecular complexity index is 661. The number of ether oxygens (including phenoxy) is 2. The predicted octanol–water partition coefficient (Wildman–Crippen LogP) is 1.04. The average molecular weight is 318 g/mol. The SMILES string of the molecule is CCOC(=O)NC(=O)/C(C#N)=N\Nc1ccc(C(=O)OC)cc1. The van der Waals surface area contributed by atoms with Gasteiger partial charge in [0.2, 0.25) is 5.71 Å². The molecule has 1 aromatic rings. The van der Waals surface area contributed by atoms with E-state index in [2.05, 4.69) is 20.0 Å². The number of amides is 2. The van der Waals surface area contributed by atoms with Crippen molar-refractivity contribution in [3.63, 3.8) is 0 Å². The van der Waals surface area contributed by atoms with E-state index < -0.39 is 23.7 Å². The van der Waals surface area contributed by atoms with Gasteiger partial charge in [0.15, 0.2) is 0 Å². The third-order valence-electron chi connectivity index (χ3n) is 2.41. The topological polar surface area (TPSA) is 130 Å². The summed E-state index contributed by atoms with van der Waals surface area (Å²) in [4.78, 5) is 34.0. The van der Waals surface area contributed by atoms with Crippen molar-refractivity contribution in [3.8, 4) is 6.07 Å². The van der Waals surface area contributed by atoms with Crippen molar-refractivity contribution in [2.45, 2.75) is 6.92 Å². The van der Waals surface area contributed by atoms with E-state index in [9.17, 15) is 14.4 Å². The lowest BCUT2D eigenvalue weighted by Gasteiger charge is -2.04. The zero-order chi connectivity index (χ0) is 17.2. The molecule has 0 aliphatic carbocycles. The van der Waals surface area contributed by atoms with Crippen LogP contribution in [0.1, 0.15) is 17.3 Å². The van der Waals surface area contributed by atoms with Gasteiger partial charge in [-0.15, -0.1) is 0 Å². The summed E-state index contributed by atoms with van der Waals surface area (Å²) in [6.07, 6.45) is -0.970. The minimum atomic E-state index is -0.996. The van der Waals surface area contributed by atoms with E-state index in [0.29, 0.717) is 11.3 Å². The van der Waals surface area contributed by atoms with Gasteiger partial charge in [-0.1, -0.05) is 0 Å². The van der Waals surface area contributed by atoms with Crippen LogP contribution in [0.5, 0.6) is 0 Å². The molecular formula is C14H14N4O5. The second-order valence-corrected chi connectivity index (χ2v) is 3.93. The quantitative estimate of drug-likeness (QED) is 0.471. The highest BCUT2D eigenvalue weighted by atomic mass is 16.5. The molecular weight excluding hydrogens is 304 g/mol. The highest BCUT2D eigenvalue weighted by molar-refractivity contribution is 6.46. The molecule has 120 valence electrons. The van der Waals surface area contributed by atoms with Crippen LogP contribution in [0.25, 0.3) is 0 Å². The van der Waals surface area contributed by atoms with Crippen molar-refractivity contribution in [1.29, 1.82) is 5.26 Å². The molecule has 1 aromatic carbocycles. The van der Waals surface area contributed by atoms with Crippen LogP contribution >= 0.6 is 0 Å². The molecule has 0 saturated carbocycles. The van der Waals surface area contributed by atoms with E-state index in [4.69, 9.17) is 5.26 Å². The summed E-state index contributed by atoms with van der Waals surface area (Å²) in [5.41, 5.74) is 2.67. The molecule has 0 saturated heterocycles. The molecule has 0 aromatic heterocycles. The largest absolute Gasteiger partial charge is 0.465 e. The van der Waals surface area contributed by atoms with Crippen molar-refractivity contribution >= 4 is 29.4 Å². The number of benzene rings is 1. The fourth-order valence-corrected chi connectivity index (χ4v) is 1.36. The number of nitrogens with zero attached hydrogens (tertiary/aromatic N) is 2. The summed E-state index contributed by atoms with van der Waals surface area (Å²) >= 11 is 0. The minimum absolute atomic E-state index is 0.0862. The van der Waals surface area contributed by atoms with Crippen molar-refractivity contribution < 1.29 is 23.9 Å². The maximum Gasteiger partial charge on any atom is 0.414 e. The third-order valence-corrected chi connectivity index (χ3v) is 2.41. The fraction of sp³-hybridized carbons (Fsp3) is 0.214. The second kappa shape index (κ2) is 8.78. The number of hydrogen-bond acceptors (Lipinski definition) is 8. The molecule has 1 rings (SSSR count). The van der Waals surface area contributed by atoms with Crippen LogP contribution in [0.15, 0.2) is 29.4 Å². The molecule has 0 unspecified atom stereocenters. The maximum absolute atomic E-state index is 11.6. The van der Waals surface area contributed by atoms with Gasteiger partial charge in [-0.05, 0) is 31.2 Å². The van der Waals surface area contributed by atoms with Gasteiger partial charge < -0.3 is 9.47 Å². The molecule has 0 radical (unpaired) electrons. The van der Waals surface area contributed by atoms with Gasteiger partial charge in [-0.2, -0.15) is 10.4 Å². The first kappa shape index (κ1) is 17.6. The van der Waals surface area contributed by atoms with E-state index in [1.54, 1.807) is 13.0 Å². The number of carbonyl (C=O) groups is 3. The lowest BCUT2D eigenvalue weighted by molar-refractivity contribution is -0.114. The number of anilines is 1. The lowest BCUT2D eigenvalue weighted by Crippen LogP contribution is -2.36. The molecule has 0 atom stereocenters. The number of alkyl carbamates (subject to hydrolysis) is 1. The summed E-state index contributed by atoms with van der Waals surface area (Å²) in [7, 11) is 1.26. The molecule has 2 amide bonds. The Morgan fingerprint density at radius 1 is 1.26 bits per heavy atom. The van der Waals surface area contributed by atoms with Crippen molar-refractivity contribution in [3.05, 3.63) is 29.8 Å². The molecule has 0 aliphatic heterocycles. The molecule has 0 fully saturated rings. The van der Waals surface area contributed by atoms with Crippen LogP contribution in [0.4, 0.5) is 10.5 Å². The van der Waals surface area contributed by atoms with Crippen LogP contribution in [0.3, 0.4) is 0 Å². The van der Waals surface area contributed by atoms with E-state index in [1.165, 1.54) is 31.4 Å². The van der Waals surface area contributed by atoms with Gasteiger partial charge in [-0.3, -0.25) is 15.5 Å². The molecule has 23 heavy (non-hydrogen) atoms. The Morgan fingerprint density at radius 2 is 1.91 bits per heavy atom. The molecule has 9 nitrogen and oxygen atoms in total. The van der Waals surface area contributed by atoms with Gasteiger partial charge in [0, 0.05) is 0 Å². The maximum atomic E-state index is 11.6. The molecule has 0 spiro atoms. The first-order valence-electron chi connectivity index (χ1n) is 6.42. The monoisotopic (exact) mass is 318 g/mol. The summed E-state index contributed by atoms with van der Waals surface area (Å²) in [6, 6.07) is 7.53. The Labute approximate surface area is 131 Å². The lowest BCUT2D eigenvalue weighted by atomic mass is 10.2. The number of carbonyl (C=O) groups excluding carboxylic acids is 3. The van der Waals surface area contributed by atoms with Crippen LogP contribution in [0, 0.1) is 11.3 Å². The summed E-state index contributed by atoms with van der Waals surface area (Å²) in [5, 5.41) is 14.3. The number of nitriles is 1. The summed E-state index contributed by atoms with van der Waals surface area (Å²) in [5.74, 6) is -1.49. The number of imide groups is 1. The van der Waals surface area contributed by atoms with Gasteiger partial charge in [0.25, 0.3) is 5.91 Å². The van der Waals surface area contributed by atoms with Gasteiger partial charge in [-0.25, -0.2) is 9.59 Å². The zero-order valence-electron chi connectivity index (χ0n) is 12.5. The smallest absolute Gasteiger partial charge is 0.414 e. The number of hydrogen-bond donors (Lipinski definition) is 2. The third kappa shape index (κ3) is 5.47. The Balaban J connectivity index is 2.73. The fourth-order valence-electron chi connectivity index (χ4n) is 1.36. The summed E-state index contributed by atoms with van der Waals surface area (Å²) < 4.78 is 9.07. The summed E-state index contributed by atoms with van der Waals surface area (Å²) in [6.45, 7) is 1.66. The van der Waals surface area contributed by atoms with Crippen LogP contribution in [-0.2, 0) is 14.3 Å². The van der Waals surface area contributed by atoms with Crippen LogP contribution in [-0.4, -0.2) is 37.4 Å². The number of esters is 1. The number of methoxy groups -OCH3 is 1. The van der Waals surface area contributed by atoms with Crippen molar-refractivity contribution in [2.75, 3.05) is 19.1 Å². The Morgan fingerprint density at radius 3 is 2.43 bits per heavy atom. The molecule has 0 heterocycles. The van der Waals surface area contributed by atoms with Gasteiger partial charge in [0.1, 0.15) is 6.07 Å². The van der Waals surface area contributed by atoms with E-state index in [-0.39, 0.29) is 6.61 Å². The molecule has 0 bridgehead atoms. The number of nitrogens with one attached hydrogen (secondary N) is 2. The van der Waals surface area contributed by atoms with Crippen molar-refractivity contribution in [1.82, 2.24) is 5.32 Å². The minimum Gasteiger partial charge on any atom is -0.465 e. The van der Waals surface area contributed by atoms with E-state index in [1.807, 2.05) is 5.32 Å². The average Bonchev–Trinajstić information content (AvgIpc) is 2.55. The molecule has 0 aliphatic rings. The van der Waals surface area contributed by atoms with E-state index in [0.717, 1.165) is 0 Å².